The van der Waals surface area contributed by atoms with E-state index in [0.717, 1.165) is 4.31 Å². The zero-order valence-electron chi connectivity index (χ0n) is 11.9. The monoisotopic (exact) mass is 316 g/mol. The second-order valence-corrected chi connectivity index (χ2v) is 7.14. The van der Waals surface area contributed by atoms with E-state index in [9.17, 15) is 17.6 Å². The molecule has 0 N–H and O–H groups in total. The summed E-state index contributed by atoms with van der Waals surface area (Å²) in [5, 5.41) is 0. The van der Waals surface area contributed by atoms with Gasteiger partial charge in [0.25, 0.3) is 0 Å². The van der Waals surface area contributed by atoms with Crippen LogP contribution in [0.3, 0.4) is 0 Å². The number of hydrogen-bond acceptors (Lipinski definition) is 4. The van der Waals surface area contributed by atoms with Gasteiger partial charge in [-0.25, -0.2) is 17.1 Å². The number of rotatable bonds is 3. The molecular formula is C13H17FN2O4S. The Bertz CT molecular complexity index is 646. The Hall–Kier alpha value is -1.67. The van der Waals surface area contributed by atoms with Crippen molar-refractivity contribution in [2.24, 2.45) is 0 Å². The molecule has 2 rings (SSSR count). The Morgan fingerprint density at radius 1 is 1.43 bits per heavy atom. The molecule has 0 saturated carbocycles. The highest BCUT2D eigenvalue weighted by Crippen LogP contribution is 2.24. The molecule has 0 saturated heterocycles. The number of fused-ring (bicyclic) bond motifs is 1. The maximum Gasteiger partial charge on any atom is 0.239 e. The second kappa shape index (κ2) is 5.98. The van der Waals surface area contributed by atoms with Gasteiger partial charge in [0.1, 0.15) is 23.9 Å². The summed E-state index contributed by atoms with van der Waals surface area (Å²) >= 11 is 0. The summed E-state index contributed by atoms with van der Waals surface area (Å²) in [6.45, 7) is 0.638. The molecule has 0 aromatic heterocycles. The summed E-state index contributed by atoms with van der Waals surface area (Å²) in [5.74, 6) is -1.04. The third-order valence-corrected chi connectivity index (χ3v) is 4.94. The van der Waals surface area contributed by atoms with Gasteiger partial charge in [0.15, 0.2) is 0 Å². The van der Waals surface area contributed by atoms with E-state index in [-0.39, 0.29) is 19.7 Å². The molecule has 0 aliphatic carbocycles. The van der Waals surface area contributed by atoms with E-state index in [2.05, 4.69) is 0 Å². The number of halogens is 1. The molecule has 1 aromatic rings. The molecule has 1 aromatic carbocycles. The summed E-state index contributed by atoms with van der Waals surface area (Å²) in [7, 11) is -0.869. The lowest BCUT2D eigenvalue weighted by Crippen LogP contribution is -2.39. The summed E-state index contributed by atoms with van der Waals surface area (Å²) in [4.78, 5) is 13.5. The zero-order chi connectivity index (χ0) is 15.6. The Morgan fingerprint density at radius 2 is 2.14 bits per heavy atom. The van der Waals surface area contributed by atoms with Crippen LogP contribution >= 0.6 is 0 Å². The van der Waals surface area contributed by atoms with Crippen LogP contribution in [0, 0.1) is 5.82 Å². The molecule has 0 unspecified atom stereocenters. The standard InChI is InChI=1S/C13H17FN2O4S/c1-15(2)21(18,19)9-13(17)16-5-6-20-12-4-3-11(14)7-10(12)8-16/h3-4,7H,5-6,8-9H2,1-2H3. The maximum absolute atomic E-state index is 13.3. The minimum Gasteiger partial charge on any atom is -0.491 e. The van der Waals surface area contributed by atoms with Gasteiger partial charge in [-0.1, -0.05) is 0 Å². The smallest absolute Gasteiger partial charge is 0.239 e. The number of ether oxygens (including phenoxy) is 1. The third-order valence-electron chi connectivity index (χ3n) is 3.22. The predicted octanol–water partition coefficient (Wildman–Crippen LogP) is 0.438. The minimum absolute atomic E-state index is 0.134. The minimum atomic E-state index is -3.62. The lowest BCUT2D eigenvalue weighted by molar-refractivity contribution is -0.129. The van der Waals surface area contributed by atoms with Crippen molar-refractivity contribution in [1.82, 2.24) is 9.21 Å². The van der Waals surface area contributed by atoms with Gasteiger partial charge in [-0.3, -0.25) is 4.79 Å². The fourth-order valence-electron chi connectivity index (χ4n) is 1.95. The highest BCUT2D eigenvalue weighted by Gasteiger charge is 2.26. The molecule has 0 bridgehead atoms. The van der Waals surface area contributed by atoms with Crippen LogP contribution < -0.4 is 4.74 Å². The van der Waals surface area contributed by atoms with Crippen LogP contribution in [0.5, 0.6) is 5.75 Å². The summed E-state index contributed by atoms with van der Waals surface area (Å²) in [6.07, 6.45) is 0. The molecule has 0 spiro atoms. The van der Waals surface area contributed by atoms with Crippen molar-refractivity contribution in [3.8, 4) is 5.75 Å². The molecule has 1 aliphatic rings. The van der Waals surface area contributed by atoms with Gasteiger partial charge >= 0.3 is 0 Å². The van der Waals surface area contributed by atoms with E-state index in [0.29, 0.717) is 11.3 Å². The van der Waals surface area contributed by atoms with E-state index in [1.807, 2.05) is 0 Å². The number of benzene rings is 1. The van der Waals surface area contributed by atoms with Gasteiger partial charge in [0.2, 0.25) is 15.9 Å². The SMILES string of the molecule is CN(C)S(=O)(=O)CC(=O)N1CCOc2ccc(F)cc2C1. The molecule has 0 radical (unpaired) electrons. The van der Waals surface area contributed by atoms with Crippen molar-refractivity contribution in [1.29, 1.82) is 0 Å². The normalized spacial score (nSPS) is 15.3. The lowest BCUT2D eigenvalue weighted by Gasteiger charge is -2.21. The van der Waals surface area contributed by atoms with Crippen molar-refractivity contribution in [2.45, 2.75) is 6.54 Å². The van der Waals surface area contributed by atoms with E-state index in [4.69, 9.17) is 4.74 Å². The summed E-state index contributed by atoms with van der Waals surface area (Å²) in [6, 6.07) is 4.09. The van der Waals surface area contributed by atoms with E-state index < -0.39 is 27.5 Å². The number of nitrogens with zero attached hydrogens (tertiary/aromatic N) is 2. The first-order valence-electron chi connectivity index (χ1n) is 6.39. The largest absolute Gasteiger partial charge is 0.491 e. The van der Waals surface area contributed by atoms with Crippen LogP contribution in [-0.2, 0) is 21.4 Å². The average molecular weight is 316 g/mol. The number of amides is 1. The molecule has 8 heteroatoms. The van der Waals surface area contributed by atoms with Crippen molar-refractivity contribution in [3.63, 3.8) is 0 Å². The van der Waals surface area contributed by atoms with Crippen molar-refractivity contribution in [2.75, 3.05) is 33.0 Å². The van der Waals surface area contributed by atoms with Crippen LogP contribution in [0.15, 0.2) is 18.2 Å². The average Bonchev–Trinajstić information content (AvgIpc) is 2.59. The summed E-state index contributed by atoms with van der Waals surface area (Å²) in [5.41, 5.74) is 0.531. The number of sulfonamides is 1. The lowest BCUT2D eigenvalue weighted by atomic mass is 10.2. The zero-order valence-corrected chi connectivity index (χ0v) is 12.7. The van der Waals surface area contributed by atoms with E-state index in [1.54, 1.807) is 0 Å². The quantitative estimate of drug-likeness (QED) is 0.811. The molecule has 116 valence electrons. The third kappa shape index (κ3) is 3.70. The topological polar surface area (TPSA) is 66.9 Å². The maximum atomic E-state index is 13.3. The number of carbonyl (C=O) groups excluding carboxylic acids is 1. The highest BCUT2D eigenvalue weighted by molar-refractivity contribution is 7.89. The molecular weight excluding hydrogens is 299 g/mol. The van der Waals surface area contributed by atoms with Crippen LogP contribution in [0.1, 0.15) is 5.56 Å². The second-order valence-electron chi connectivity index (χ2n) is 4.95. The molecule has 6 nitrogen and oxygen atoms in total. The van der Waals surface area contributed by atoms with Gasteiger partial charge in [-0.15, -0.1) is 0 Å². The molecule has 21 heavy (non-hydrogen) atoms. The first-order valence-corrected chi connectivity index (χ1v) is 8.00. The number of carbonyl (C=O) groups is 1. The molecule has 0 fully saturated rings. The van der Waals surface area contributed by atoms with Crippen LogP contribution in [-0.4, -0.2) is 56.5 Å². The van der Waals surface area contributed by atoms with Crippen LogP contribution in [0.4, 0.5) is 4.39 Å². The summed E-state index contributed by atoms with van der Waals surface area (Å²) < 4.78 is 43.2. The first-order chi connectivity index (χ1) is 9.79. The molecule has 1 heterocycles. The van der Waals surface area contributed by atoms with Gasteiger partial charge in [0, 0.05) is 26.2 Å². The molecule has 0 atom stereocenters. The molecule has 1 amide bonds. The van der Waals surface area contributed by atoms with Crippen molar-refractivity contribution >= 4 is 15.9 Å². The first kappa shape index (κ1) is 15.7. The fraction of sp³-hybridized carbons (Fsp3) is 0.462. The Morgan fingerprint density at radius 3 is 2.81 bits per heavy atom. The Labute approximate surface area is 123 Å². The van der Waals surface area contributed by atoms with Gasteiger partial charge in [-0.2, -0.15) is 0 Å². The number of hydrogen-bond donors (Lipinski definition) is 0. The van der Waals surface area contributed by atoms with E-state index in [1.165, 1.54) is 37.2 Å². The highest BCUT2D eigenvalue weighted by atomic mass is 32.2. The van der Waals surface area contributed by atoms with Crippen molar-refractivity contribution in [3.05, 3.63) is 29.6 Å². The van der Waals surface area contributed by atoms with Crippen LogP contribution in [0.2, 0.25) is 0 Å². The predicted molar refractivity (Wildman–Crippen MR) is 74.8 cm³/mol. The van der Waals surface area contributed by atoms with Gasteiger partial charge in [0.05, 0.1) is 6.54 Å². The molecule has 1 aliphatic heterocycles. The van der Waals surface area contributed by atoms with Crippen LogP contribution in [0.25, 0.3) is 0 Å². The van der Waals surface area contributed by atoms with Gasteiger partial charge < -0.3 is 9.64 Å². The fourth-order valence-corrected chi connectivity index (χ4v) is 2.71. The Kier molecular flexibility index (Phi) is 4.48. The van der Waals surface area contributed by atoms with Gasteiger partial charge in [-0.05, 0) is 18.2 Å². The Balaban J connectivity index is 2.16. The van der Waals surface area contributed by atoms with Crippen molar-refractivity contribution < 1.29 is 22.3 Å². The van der Waals surface area contributed by atoms with E-state index >= 15 is 0 Å².